The Morgan fingerprint density at radius 3 is 2.95 bits per heavy atom. The minimum Gasteiger partial charge on any atom is -0.373 e. The van der Waals surface area contributed by atoms with Crippen molar-refractivity contribution in [2.75, 3.05) is 29.9 Å². The van der Waals surface area contributed by atoms with Crippen molar-refractivity contribution in [3.63, 3.8) is 0 Å². The zero-order valence-electron chi connectivity index (χ0n) is 12.7. The Kier molecular flexibility index (Phi) is 4.11. The van der Waals surface area contributed by atoms with E-state index in [1.807, 2.05) is 14.0 Å². The average molecular weight is 319 g/mol. The van der Waals surface area contributed by atoms with E-state index < -0.39 is 0 Å². The van der Waals surface area contributed by atoms with Crippen LogP contribution in [-0.2, 0) is 6.42 Å². The Hall–Kier alpha value is -1.95. The van der Waals surface area contributed by atoms with E-state index in [1.165, 1.54) is 23.5 Å². The van der Waals surface area contributed by atoms with Gasteiger partial charge in [0.15, 0.2) is 0 Å². The van der Waals surface area contributed by atoms with E-state index in [0.717, 1.165) is 24.3 Å². The Bertz CT molecular complexity index is 700. The number of amides is 1. The quantitative estimate of drug-likeness (QED) is 0.852. The molecular weight excluding hydrogens is 301 g/mol. The van der Waals surface area contributed by atoms with Crippen molar-refractivity contribution >= 4 is 28.6 Å². The molecule has 1 aromatic carbocycles. The number of halogens is 1. The van der Waals surface area contributed by atoms with Crippen LogP contribution in [0.15, 0.2) is 23.7 Å². The van der Waals surface area contributed by atoms with E-state index in [4.69, 9.17) is 0 Å². The number of benzene rings is 1. The number of hydrogen-bond donors (Lipinski definition) is 0. The standard InChI is InChI=1S/C16H18FN3OS/c1-3-12-15(22-10-18-12)16(21)20-8-4-7-19(2)13-6-5-11(17)9-14(13)20/h5-6,9-10H,3-4,7-8H2,1-2H3. The van der Waals surface area contributed by atoms with Crippen LogP contribution in [0, 0.1) is 5.82 Å². The first kappa shape index (κ1) is 15.0. The molecule has 0 radical (unpaired) electrons. The van der Waals surface area contributed by atoms with Gasteiger partial charge in [0.25, 0.3) is 5.91 Å². The fraction of sp³-hybridized carbons (Fsp3) is 0.375. The van der Waals surface area contributed by atoms with Gasteiger partial charge >= 0.3 is 0 Å². The molecule has 4 nitrogen and oxygen atoms in total. The molecule has 0 spiro atoms. The van der Waals surface area contributed by atoms with Crippen molar-refractivity contribution in [2.24, 2.45) is 0 Å². The summed E-state index contributed by atoms with van der Waals surface area (Å²) in [4.78, 5) is 21.6. The fourth-order valence-corrected chi connectivity index (χ4v) is 3.60. The lowest BCUT2D eigenvalue weighted by molar-refractivity contribution is 0.0990. The predicted octanol–water partition coefficient (Wildman–Crippen LogP) is 3.33. The third-order valence-corrected chi connectivity index (χ3v) is 4.79. The Morgan fingerprint density at radius 2 is 2.18 bits per heavy atom. The molecule has 6 heteroatoms. The predicted molar refractivity (Wildman–Crippen MR) is 87.5 cm³/mol. The monoisotopic (exact) mass is 319 g/mol. The largest absolute Gasteiger partial charge is 0.373 e. The number of hydrogen-bond acceptors (Lipinski definition) is 4. The summed E-state index contributed by atoms with van der Waals surface area (Å²) in [6.07, 6.45) is 1.56. The zero-order chi connectivity index (χ0) is 15.7. The van der Waals surface area contributed by atoms with Gasteiger partial charge in [-0.2, -0.15) is 0 Å². The highest BCUT2D eigenvalue weighted by atomic mass is 32.1. The Balaban J connectivity index is 2.05. The van der Waals surface area contributed by atoms with Gasteiger partial charge in [-0.3, -0.25) is 4.79 Å². The molecule has 0 atom stereocenters. The third-order valence-electron chi connectivity index (χ3n) is 3.93. The number of thiazole rings is 1. The molecule has 2 aromatic rings. The molecule has 0 fully saturated rings. The zero-order valence-corrected chi connectivity index (χ0v) is 13.5. The first-order chi connectivity index (χ1) is 10.6. The topological polar surface area (TPSA) is 36.4 Å². The van der Waals surface area contributed by atoms with Crippen molar-refractivity contribution in [3.05, 3.63) is 40.1 Å². The maximum absolute atomic E-state index is 13.7. The highest BCUT2D eigenvalue weighted by molar-refractivity contribution is 7.12. The van der Waals surface area contributed by atoms with Crippen molar-refractivity contribution in [3.8, 4) is 0 Å². The van der Waals surface area contributed by atoms with Gasteiger partial charge in [0.2, 0.25) is 0 Å². The first-order valence-corrected chi connectivity index (χ1v) is 8.24. The highest BCUT2D eigenvalue weighted by Gasteiger charge is 2.27. The molecule has 2 heterocycles. The maximum Gasteiger partial charge on any atom is 0.270 e. The normalized spacial score (nSPS) is 14.7. The summed E-state index contributed by atoms with van der Waals surface area (Å²) in [6, 6.07) is 4.62. The molecule has 1 aromatic heterocycles. The highest BCUT2D eigenvalue weighted by Crippen LogP contribution is 2.34. The van der Waals surface area contributed by atoms with Gasteiger partial charge in [-0.25, -0.2) is 9.37 Å². The van der Waals surface area contributed by atoms with Crippen LogP contribution in [0.3, 0.4) is 0 Å². The summed E-state index contributed by atoms with van der Waals surface area (Å²) >= 11 is 1.35. The van der Waals surface area contributed by atoms with Crippen LogP contribution in [0.5, 0.6) is 0 Å². The van der Waals surface area contributed by atoms with Crippen LogP contribution in [0.25, 0.3) is 0 Å². The van der Waals surface area contributed by atoms with Crippen molar-refractivity contribution in [2.45, 2.75) is 19.8 Å². The molecule has 0 N–H and O–H groups in total. The minimum absolute atomic E-state index is 0.0819. The van der Waals surface area contributed by atoms with Gasteiger partial charge in [0, 0.05) is 20.1 Å². The van der Waals surface area contributed by atoms with Crippen molar-refractivity contribution in [1.82, 2.24) is 4.98 Å². The van der Waals surface area contributed by atoms with E-state index in [1.54, 1.807) is 16.5 Å². The number of nitrogens with zero attached hydrogens (tertiary/aromatic N) is 3. The fourth-order valence-electron chi connectivity index (χ4n) is 2.77. The second-order valence-electron chi connectivity index (χ2n) is 5.35. The van der Waals surface area contributed by atoms with E-state index in [2.05, 4.69) is 9.88 Å². The SMILES string of the molecule is CCc1ncsc1C(=O)N1CCCN(C)c2ccc(F)cc21. The van der Waals surface area contributed by atoms with Crippen LogP contribution in [0.1, 0.15) is 28.7 Å². The number of anilines is 2. The number of carbonyl (C=O) groups excluding carboxylic acids is 1. The Morgan fingerprint density at radius 1 is 1.36 bits per heavy atom. The van der Waals surface area contributed by atoms with Crippen LogP contribution < -0.4 is 9.80 Å². The molecule has 0 unspecified atom stereocenters. The number of carbonyl (C=O) groups is 1. The van der Waals surface area contributed by atoms with Crippen LogP contribution >= 0.6 is 11.3 Å². The summed E-state index contributed by atoms with van der Waals surface area (Å²) in [5.41, 5.74) is 4.03. The van der Waals surface area contributed by atoms with E-state index >= 15 is 0 Å². The molecule has 0 aliphatic carbocycles. The number of aryl methyl sites for hydroxylation is 1. The summed E-state index contributed by atoms with van der Waals surface area (Å²) in [5, 5.41) is 0. The molecule has 0 saturated carbocycles. The Labute approximate surface area is 133 Å². The first-order valence-electron chi connectivity index (χ1n) is 7.36. The molecular formula is C16H18FN3OS. The molecule has 116 valence electrons. The second-order valence-corrected chi connectivity index (χ2v) is 6.20. The van der Waals surface area contributed by atoms with Gasteiger partial charge in [-0.15, -0.1) is 11.3 Å². The number of fused-ring (bicyclic) bond motifs is 1. The molecule has 1 aliphatic rings. The lowest BCUT2D eigenvalue weighted by Crippen LogP contribution is -2.31. The summed E-state index contributed by atoms with van der Waals surface area (Å²) in [6.45, 7) is 3.40. The molecule has 0 bridgehead atoms. The summed E-state index contributed by atoms with van der Waals surface area (Å²) in [7, 11) is 1.97. The minimum atomic E-state index is -0.327. The lowest BCUT2D eigenvalue weighted by atomic mass is 10.2. The van der Waals surface area contributed by atoms with Crippen molar-refractivity contribution < 1.29 is 9.18 Å². The summed E-state index contributed by atoms with van der Waals surface area (Å²) in [5.74, 6) is -0.409. The van der Waals surface area contributed by atoms with E-state index in [0.29, 0.717) is 23.5 Å². The van der Waals surface area contributed by atoms with Gasteiger partial charge in [-0.05, 0) is 31.0 Å². The van der Waals surface area contributed by atoms with Gasteiger partial charge in [0.05, 0.1) is 22.6 Å². The third kappa shape index (κ3) is 2.59. The van der Waals surface area contributed by atoms with E-state index in [9.17, 15) is 9.18 Å². The molecule has 22 heavy (non-hydrogen) atoms. The lowest BCUT2D eigenvalue weighted by Gasteiger charge is -2.24. The van der Waals surface area contributed by atoms with Gasteiger partial charge in [-0.1, -0.05) is 6.92 Å². The van der Waals surface area contributed by atoms with Crippen LogP contribution in [0.2, 0.25) is 0 Å². The van der Waals surface area contributed by atoms with Gasteiger partial charge in [0.1, 0.15) is 10.7 Å². The maximum atomic E-state index is 13.7. The molecule has 1 amide bonds. The molecule has 1 aliphatic heterocycles. The average Bonchev–Trinajstić information content (AvgIpc) is 2.93. The van der Waals surface area contributed by atoms with Crippen molar-refractivity contribution in [1.29, 1.82) is 0 Å². The van der Waals surface area contributed by atoms with Crippen LogP contribution in [-0.4, -0.2) is 31.0 Å². The summed E-state index contributed by atoms with van der Waals surface area (Å²) < 4.78 is 13.7. The number of aromatic nitrogens is 1. The molecule has 3 rings (SSSR count). The van der Waals surface area contributed by atoms with Gasteiger partial charge < -0.3 is 9.80 Å². The van der Waals surface area contributed by atoms with Crippen LogP contribution in [0.4, 0.5) is 15.8 Å². The smallest absolute Gasteiger partial charge is 0.270 e. The second kappa shape index (κ2) is 6.04. The number of rotatable bonds is 2. The van der Waals surface area contributed by atoms with E-state index in [-0.39, 0.29) is 11.7 Å². The molecule has 0 saturated heterocycles.